The molecule has 0 radical (unpaired) electrons. The van der Waals surface area contributed by atoms with Gasteiger partial charge in [-0.05, 0) is 38.5 Å². The molecule has 2 rings (SSSR count). The number of benzene rings is 1. The zero-order chi connectivity index (χ0) is 16.3. The highest BCUT2D eigenvalue weighted by Crippen LogP contribution is 2.31. The molecule has 0 fully saturated rings. The van der Waals surface area contributed by atoms with E-state index in [0.717, 1.165) is 16.9 Å². The van der Waals surface area contributed by atoms with Gasteiger partial charge < -0.3 is 15.8 Å². The number of thiophene rings is 1. The number of ether oxygens (including phenoxy) is 1. The van der Waals surface area contributed by atoms with E-state index in [1.165, 1.54) is 0 Å². The number of rotatable bonds is 4. The van der Waals surface area contributed by atoms with E-state index >= 15 is 0 Å². The molecule has 5 nitrogen and oxygen atoms in total. The Bertz CT molecular complexity index is 705. The summed E-state index contributed by atoms with van der Waals surface area (Å²) >= 11 is 1.09. The van der Waals surface area contributed by atoms with Crippen molar-refractivity contribution in [3.63, 3.8) is 0 Å². The predicted octanol–water partition coefficient (Wildman–Crippen LogP) is 3.38. The zero-order valence-corrected chi connectivity index (χ0v) is 13.5. The van der Waals surface area contributed by atoms with E-state index in [-0.39, 0.29) is 18.1 Å². The zero-order valence-electron chi connectivity index (χ0n) is 12.7. The number of esters is 1. The lowest BCUT2D eigenvalue weighted by Crippen LogP contribution is -2.13. The van der Waals surface area contributed by atoms with Crippen LogP contribution in [0.15, 0.2) is 24.3 Å². The van der Waals surface area contributed by atoms with Crippen molar-refractivity contribution in [2.24, 2.45) is 0 Å². The topological polar surface area (TPSA) is 81.4 Å². The van der Waals surface area contributed by atoms with Crippen LogP contribution in [0.1, 0.15) is 38.1 Å². The summed E-state index contributed by atoms with van der Waals surface area (Å²) < 4.78 is 4.97. The van der Waals surface area contributed by atoms with Crippen LogP contribution in [0.2, 0.25) is 0 Å². The molecule has 0 saturated carbocycles. The normalized spacial score (nSPS) is 10.3. The van der Waals surface area contributed by atoms with Crippen molar-refractivity contribution in [2.75, 3.05) is 17.7 Å². The molecular weight excluding hydrogens is 300 g/mol. The van der Waals surface area contributed by atoms with Gasteiger partial charge in [0.05, 0.1) is 17.0 Å². The quantitative estimate of drug-likeness (QED) is 0.847. The van der Waals surface area contributed by atoms with Gasteiger partial charge in [0, 0.05) is 5.69 Å². The summed E-state index contributed by atoms with van der Waals surface area (Å²) in [5.41, 5.74) is 8.49. The number of hydrogen-bond acceptors (Lipinski definition) is 5. The van der Waals surface area contributed by atoms with Crippen LogP contribution in [0.4, 0.5) is 10.7 Å². The van der Waals surface area contributed by atoms with Gasteiger partial charge in [-0.3, -0.25) is 4.79 Å². The molecule has 0 aliphatic rings. The second-order valence-corrected chi connectivity index (χ2v) is 5.89. The fraction of sp³-hybridized carbons (Fsp3) is 0.250. The van der Waals surface area contributed by atoms with E-state index in [9.17, 15) is 9.59 Å². The summed E-state index contributed by atoms with van der Waals surface area (Å²) in [6.07, 6.45) is 0. The molecule has 0 atom stereocenters. The van der Waals surface area contributed by atoms with Crippen molar-refractivity contribution >= 4 is 33.9 Å². The maximum Gasteiger partial charge on any atom is 0.341 e. The highest BCUT2D eigenvalue weighted by atomic mass is 32.1. The third-order valence-electron chi connectivity index (χ3n) is 3.17. The number of carbonyl (C=O) groups is 2. The van der Waals surface area contributed by atoms with Gasteiger partial charge in [-0.1, -0.05) is 17.7 Å². The van der Waals surface area contributed by atoms with Crippen molar-refractivity contribution in [3.05, 3.63) is 45.8 Å². The van der Waals surface area contributed by atoms with Crippen LogP contribution < -0.4 is 11.1 Å². The van der Waals surface area contributed by atoms with Gasteiger partial charge in [0.2, 0.25) is 0 Å². The number of amides is 1. The Labute approximate surface area is 133 Å². The number of nitrogen functional groups attached to an aromatic ring is 1. The number of hydrogen-bond donors (Lipinski definition) is 2. The van der Waals surface area contributed by atoms with Crippen molar-refractivity contribution in [3.8, 4) is 0 Å². The van der Waals surface area contributed by atoms with E-state index in [0.29, 0.717) is 21.1 Å². The van der Waals surface area contributed by atoms with Crippen LogP contribution in [0.3, 0.4) is 0 Å². The smallest absolute Gasteiger partial charge is 0.341 e. The summed E-state index contributed by atoms with van der Waals surface area (Å²) in [6.45, 7) is 5.66. The van der Waals surface area contributed by atoms with Crippen LogP contribution in [-0.4, -0.2) is 18.5 Å². The summed E-state index contributed by atoms with van der Waals surface area (Å²) in [7, 11) is 0. The lowest BCUT2D eigenvalue weighted by Gasteiger charge is -2.05. The molecule has 1 aromatic heterocycles. The molecule has 116 valence electrons. The molecule has 0 unspecified atom stereocenters. The fourth-order valence-electron chi connectivity index (χ4n) is 2.03. The molecule has 0 aliphatic heterocycles. The first kappa shape index (κ1) is 16.0. The van der Waals surface area contributed by atoms with Crippen molar-refractivity contribution in [1.82, 2.24) is 0 Å². The summed E-state index contributed by atoms with van der Waals surface area (Å²) in [5.74, 6) is -0.781. The summed E-state index contributed by atoms with van der Waals surface area (Å²) in [4.78, 5) is 24.7. The molecule has 1 amide bonds. The number of aryl methyl sites for hydroxylation is 1. The lowest BCUT2D eigenvalue weighted by atomic mass is 10.1. The second-order valence-electron chi connectivity index (χ2n) is 4.84. The number of nitrogens with one attached hydrogen (secondary N) is 1. The average molecular weight is 318 g/mol. The Hall–Kier alpha value is -2.34. The first-order chi connectivity index (χ1) is 10.4. The highest BCUT2D eigenvalue weighted by Gasteiger charge is 2.24. The third-order valence-corrected chi connectivity index (χ3v) is 4.29. The molecule has 1 heterocycles. The van der Waals surface area contributed by atoms with E-state index in [4.69, 9.17) is 10.5 Å². The van der Waals surface area contributed by atoms with Crippen LogP contribution in [0.25, 0.3) is 0 Å². The van der Waals surface area contributed by atoms with Crippen molar-refractivity contribution < 1.29 is 14.3 Å². The first-order valence-corrected chi connectivity index (χ1v) is 7.69. The van der Waals surface area contributed by atoms with Crippen LogP contribution >= 0.6 is 11.3 Å². The SMILES string of the molecule is CCOC(=O)c1c(N)sc(C(=O)Nc2ccc(C)cc2)c1C. The Kier molecular flexibility index (Phi) is 4.82. The van der Waals surface area contributed by atoms with Gasteiger partial charge in [0.1, 0.15) is 5.00 Å². The Balaban J connectivity index is 2.25. The Morgan fingerprint density at radius 3 is 2.45 bits per heavy atom. The average Bonchev–Trinajstić information content (AvgIpc) is 2.77. The molecule has 22 heavy (non-hydrogen) atoms. The van der Waals surface area contributed by atoms with Crippen molar-refractivity contribution in [2.45, 2.75) is 20.8 Å². The minimum absolute atomic E-state index is 0.262. The maximum atomic E-state index is 12.4. The molecule has 6 heteroatoms. The van der Waals surface area contributed by atoms with Gasteiger partial charge in [-0.2, -0.15) is 0 Å². The van der Waals surface area contributed by atoms with Gasteiger partial charge >= 0.3 is 5.97 Å². The van der Waals surface area contributed by atoms with E-state index in [1.807, 2.05) is 31.2 Å². The highest BCUT2D eigenvalue weighted by molar-refractivity contribution is 7.18. The summed E-state index contributed by atoms with van der Waals surface area (Å²) in [5, 5.41) is 3.10. The molecule has 2 aromatic rings. The largest absolute Gasteiger partial charge is 0.462 e. The minimum Gasteiger partial charge on any atom is -0.462 e. The fourth-order valence-corrected chi connectivity index (χ4v) is 2.99. The second kappa shape index (κ2) is 6.62. The monoisotopic (exact) mass is 318 g/mol. The molecule has 0 saturated heterocycles. The van der Waals surface area contributed by atoms with Crippen molar-refractivity contribution in [1.29, 1.82) is 0 Å². The van der Waals surface area contributed by atoms with Crippen LogP contribution in [0.5, 0.6) is 0 Å². The molecule has 1 aromatic carbocycles. The van der Waals surface area contributed by atoms with E-state index in [2.05, 4.69) is 5.32 Å². The van der Waals surface area contributed by atoms with Gasteiger partial charge in [-0.15, -0.1) is 11.3 Å². The van der Waals surface area contributed by atoms with Crippen LogP contribution in [-0.2, 0) is 4.74 Å². The molecule has 0 spiro atoms. The Morgan fingerprint density at radius 2 is 1.86 bits per heavy atom. The molecule has 0 aliphatic carbocycles. The van der Waals surface area contributed by atoms with Gasteiger partial charge in [-0.25, -0.2) is 4.79 Å². The molecule has 0 bridgehead atoms. The van der Waals surface area contributed by atoms with Crippen LogP contribution in [0, 0.1) is 13.8 Å². The minimum atomic E-state index is -0.497. The standard InChI is InChI=1S/C16H18N2O3S/c1-4-21-16(20)12-10(3)13(22-14(12)17)15(19)18-11-7-5-9(2)6-8-11/h5-8H,4,17H2,1-3H3,(H,18,19). The third kappa shape index (κ3) is 3.28. The number of anilines is 2. The lowest BCUT2D eigenvalue weighted by molar-refractivity contribution is 0.0527. The number of carbonyl (C=O) groups excluding carboxylic acids is 2. The van der Waals surface area contributed by atoms with E-state index < -0.39 is 5.97 Å². The maximum absolute atomic E-state index is 12.4. The predicted molar refractivity (Wildman–Crippen MR) is 88.6 cm³/mol. The Morgan fingerprint density at radius 1 is 1.23 bits per heavy atom. The van der Waals surface area contributed by atoms with E-state index in [1.54, 1.807) is 13.8 Å². The first-order valence-electron chi connectivity index (χ1n) is 6.88. The van der Waals surface area contributed by atoms with Gasteiger partial charge in [0.15, 0.2) is 0 Å². The summed E-state index contributed by atoms with van der Waals surface area (Å²) in [6, 6.07) is 7.47. The molecular formula is C16H18N2O3S. The number of nitrogens with two attached hydrogens (primary N) is 1. The molecule has 3 N–H and O–H groups in total. The van der Waals surface area contributed by atoms with Gasteiger partial charge in [0.25, 0.3) is 5.91 Å².